The maximum atomic E-state index is 12.1. The lowest BCUT2D eigenvalue weighted by atomic mass is 10.1. The predicted octanol–water partition coefficient (Wildman–Crippen LogP) is -0.553. The van der Waals surface area contributed by atoms with Gasteiger partial charge in [-0.05, 0) is 6.92 Å². The molecule has 1 aliphatic rings. The molecular formula is C15H21N3O5. The third kappa shape index (κ3) is 3.54. The number of hydrogen-bond acceptors (Lipinski definition) is 7. The normalized spacial score (nSPS) is 27.0. The van der Waals surface area contributed by atoms with Crippen molar-refractivity contribution in [1.29, 1.82) is 0 Å². The third-order valence-corrected chi connectivity index (χ3v) is 3.74. The number of hydrogen-bond donors (Lipinski definition) is 2. The highest BCUT2D eigenvalue weighted by atomic mass is 16.6. The van der Waals surface area contributed by atoms with Gasteiger partial charge in [-0.15, -0.1) is 12.3 Å². The molecule has 8 heteroatoms. The second-order valence-electron chi connectivity index (χ2n) is 5.24. The van der Waals surface area contributed by atoms with Crippen LogP contribution in [-0.2, 0) is 14.2 Å². The molecule has 0 saturated carbocycles. The van der Waals surface area contributed by atoms with Crippen molar-refractivity contribution in [3.8, 4) is 12.3 Å². The summed E-state index contributed by atoms with van der Waals surface area (Å²) in [7, 11) is 1.49. The Hall–Kier alpha value is -1.92. The zero-order valence-electron chi connectivity index (χ0n) is 13.1. The van der Waals surface area contributed by atoms with Gasteiger partial charge in [-0.3, -0.25) is 4.57 Å². The molecule has 0 aromatic carbocycles. The van der Waals surface area contributed by atoms with Gasteiger partial charge in [-0.25, -0.2) is 4.79 Å². The Balaban J connectivity index is 2.35. The van der Waals surface area contributed by atoms with E-state index in [1.807, 2.05) is 0 Å². The van der Waals surface area contributed by atoms with Gasteiger partial charge in [-0.2, -0.15) is 4.98 Å². The van der Waals surface area contributed by atoms with Crippen LogP contribution in [-0.4, -0.2) is 53.3 Å². The van der Waals surface area contributed by atoms with Crippen molar-refractivity contribution in [1.82, 2.24) is 9.55 Å². The van der Waals surface area contributed by atoms with Crippen molar-refractivity contribution < 1.29 is 19.3 Å². The number of aromatic nitrogens is 2. The average molecular weight is 323 g/mol. The first-order chi connectivity index (χ1) is 11.0. The predicted molar refractivity (Wildman–Crippen MR) is 82.6 cm³/mol. The summed E-state index contributed by atoms with van der Waals surface area (Å²) in [6.07, 6.45) is 4.66. The number of nitrogen functional groups attached to an aromatic ring is 1. The Bertz CT molecular complexity index is 639. The van der Waals surface area contributed by atoms with E-state index in [0.29, 0.717) is 12.0 Å². The maximum absolute atomic E-state index is 12.1. The Morgan fingerprint density at radius 3 is 2.91 bits per heavy atom. The number of anilines is 1. The second kappa shape index (κ2) is 7.57. The lowest BCUT2D eigenvalue weighted by Gasteiger charge is -2.24. The summed E-state index contributed by atoms with van der Waals surface area (Å²) in [4.78, 5) is 15.9. The number of aliphatic hydroxyl groups is 1. The summed E-state index contributed by atoms with van der Waals surface area (Å²) in [5, 5.41) is 9.47. The number of rotatable bonds is 6. The summed E-state index contributed by atoms with van der Waals surface area (Å²) >= 11 is 0. The smallest absolute Gasteiger partial charge is 0.351 e. The van der Waals surface area contributed by atoms with E-state index in [1.54, 1.807) is 13.1 Å². The maximum Gasteiger partial charge on any atom is 0.351 e. The topological polar surface area (TPSA) is 109 Å². The van der Waals surface area contributed by atoms with E-state index in [2.05, 4.69) is 10.9 Å². The number of terminal acetylenes is 1. The van der Waals surface area contributed by atoms with Crippen molar-refractivity contribution in [3.63, 3.8) is 0 Å². The van der Waals surface area contributed by atoms with Gasteiger partial charge in [0.1, 0.15) is 24.1 Å². The summed E-state index contributed by atoms with van der Waals surface area (Å²) in [5.74, 6) is 2.64. The molecule has 126 valence electrons. The molecular weight excluding hydrogens is 302 g/mol. The fourth-order valence-corrected chi connectivity index (χ4v) is 2.56. The lowest BCUT2D eigenvalue weighted by Crippen LogP contribution is -2.39. The molecule has 0 spiro atoms. The van der Waals surface area contributed by atoms with Crippen LogP contribution in [0.3, 0.4) is 0 Å². The number of nitrogens with two attached hydrogens (primary N) is 1. The Morgan fingerprint density at radius 2 is 2.30 bits per heavy atom. The minimum Gasteiger partial charge on any atom is -0.394 e. The number of nitrogens with zero attached hydrogens (tertiary/aromatic N) is 2. The van der Waals surface area contributed by atoms with Gasteiger partial charge in [-0.1, -0.05) is 0 Å². The van der Waals surface area contributed by atoms with Crippen molar-refractivity contribution in [2.24, 2.45) is 0 Å². The minimum atomic E-state index is -0.783. The van der Waals surface area contributed by atoms with E-state index in [1.165, 1.54) is 11.7 Å². The molecule has 0 bridgehead atoms. The van der Waals surface area contributed by atoms with Gasteiger partial charge < -0.3 is 25.1 Å². The SMILES string of the molecule is C#CCCOC1C(OC)C(CO)OC1n1cc(C)c(N)nc1=O. The van der Waals surface area contributed by atoms with Gasteiger partial charge >= 0.3 is 5.69 Å². The van der Waals surface area contributed by atoms with Crippen LogP contribution >= 0.6 is 0 Å². The van der Waals surface area contributed by atoms with Gasteiger partial charge in [0.15, 0.2) is 6.23 Å². The monoisotopic (exact) mass is 323 g/mol. The fourth-order valence-electron chi connectivity index (χ4n) is 2.56. The van der Waals surface area contributed by atoms with E-state index in [0.717, 1.165) is 0 Å². The second-order valence-corrected chi connectivity index (χ2v) is 5.24. The highest BCUT2D eigenvalue weighted by Gasteiger charge is 2.47. The van der Waals surface area contributed by atoms with E-state index < -0.39 is 30.2 Å². The highest BCUT2D eigenvalue weighted by molar-refractivity contribution is 5.35. The quantitative estimate of drug-likeness (QED) is 0.534. The molecule has 3 N–H and O–H groups in total. The van der Waals surface area contributed by atoms with Crippen LogP contribution in [0.4, 0.5) is 5.82 Å². The summed E-state index contributed by atoms with van der Waals surface area (Å²) in [6, 6.07) is 0. The Morgan fingerprint density at radius 1 is 1.57 bits per heavy atom. The van der Waals surface area contributed by atoms with Crippen LogP contribution < -0.4 is 11.4 Å². The molecule has 0 radical (unpaired) electrons. The van der Waals surface area contributed by atoms with Crippen LogP contribution in [0, 0.1) is 19.3 Å². The van der Waals surface area contributed by atoms with Gasteiger partial charge in [0.2, 0.25) is 0 Å². The molecule has 1 aliphatic heterocycles. The number of aliphatic hydroxyl groups excluding tert-OH is 1. The average Bonchev–Trinajstić information content (AvgIpc) is 2.88. The summed E-state index contributed by atoms with van der Waals surface area (Å²) in [6.45, 7) is 1.76. The van der Waals surface area contributed by atoms with Gasteiger partial charge in [0.05, 0.1) is 13.2 Å². The summed E-state index contributed by atoms with van der Waals surface area (Å²) < 4.78 is 18.2. The molecule has 2 rings (SSSR count). The zero-order chi connectivity index (χ0) is 17.0. The first-order valence-electron chi connectivity index (χ1n) is 7.23. The van der Waals surface area contributed by atoms with Crippen LogP contribution in [0.1, 0.15) is 18.2 Å². The molecule has 0 amide bonds. The first kappa shape index (κ1) is 17.4. The Labute approximate surface area is 134 Å². The molecule has 4 unspecified atom stereocenters. The molecule has 1 aromatic heterocycles. The first-order valence-corrected chi connectivity index (χ1v) is 7.23. The molecule has 0 aliphatic carbocycles. The molecule has 1 aromatic rings. The van der Waals surface area contributed by atoms with E-state index in [4.69, 9.17) is 26.4 Å². The van der Waals surface area contributed by atoms with Crippen LogP contribution in [0.25, 0.3) is 0 Å². The largest absolute Gasteiger partial charge is 0.394 e. The fraction of sp³-hybridized carbons (Fsp3) is 0.600. The summed E-state index contributed by atoms with van der Waals surface area (Å²) in [5.41, 5.74) is 5.72. The lowest BCUT2D eigenvalue weighted by molar-refractivity contribution is -0.0746. The zero-order valence-corrected chi connectivity index (χ0v) is 13.1. The van der Waals surface area contributed by atoms with Crippen molar-refractivity contribution in [3.05, 3.63) is 22.2 Å². The molecule has 1 fully saturated rings. The minimum absolute atomic E-state index is 0.163. The van der Waals surface area contributed by atoms with Crippen molar-refractivity contribution in [2.75, 3.05) is 26.1 Å². The van der Waals surface area contributed by atoms with Crippen molar-refractivity contribution >= 4 is 5.82 Å². The van der Waals surface area contributed by atoms with E-state index in [-0.39, 0.29) is 19.0 Å². The number of ether oxygens (including phenoxy) is 3. The third-order valence-electron chi connectivity index (χ3n) is 3.74. The number of aryl methyl sites for hydroxylation is 1. The Kier molecular flexibility index (Phi) is 5.74. The molecule has 8 nitrogen and oxygen atoms in total. The van der Waals surface area contributed by atoms with Gasteiger partial charge in [0, 0.05) is 25.3 Å². The highest BCUT2D eigenvalue weighted by Crippen LogP contribution is 2.32. The molecule has 4 atom stereocenters. The van der Waals surface area contributed by atoms with Crippen LogP contribution in [0.15, 0.2) is 11.0 Å². The number of methoxy groups -OCH3 is 1. The molecule has 23 heavy (non-hydrogen) atoms. The molecule has 2 heterocycles. The van der Waals surface area contributed by atoms with Crippen LogP contribution in [0.2, 0.25) is 0 Å². The van der Waals surface area contributed by atoms with E-state index in [9.17, 15) is 9.90 Å². The molecule has 1 saturated heterocycles. The standard InChI is InChI=1S/C15H21N3O5/c1-4-5-6-22-12-11(21-3)10(8-19)23-14(12)18-7-9(2)13(16)17-15(18)20/h1,7,10-12,14,19H,5-6,8H2,2-3H3,(H2,16,17,20). The van der Waals surface area contributed by atoms with E-state index >= 15 is 0 Å². The van der Waals surface area contributed by atoms with Gasteiger partial charge in [0.25, 0.3) is 0 Å². The van der Waals surface area contributed by atoms with Crippen molar-refractivity contribution in [2.45, 2.75) is 37.9 Å². The van der Waals surface area contributed by atoms with Crippen LogP contribution in [0.5, 0.6) is 0 Å².